The molecular formula is C26H27N3O3. The van der Waals surface area contributed by atoms with Gasteiger partial charge in [0.2, 0.25) is 0 Å². The first kappa shape index (κ1) is 21.4. The summed E-state index contributed by atoms with van der Waals surface area (Å²) in [5, 5.41) is 5.26. The molecule has 4 rings (SSSR count). The van der Waals surface area contributed by atoms with Crippen molar-refractivity contribution < 1.29 is 14.3 Å². The van der Waals surface area contributed by atoms with Crippen LogP contribution in [0.5, 0.6) is 5.75 Å². The van der Waals surface area contributed by atoms with Crippen LogP contribution in [0.4, 0.5) is 11.4 Å². The molecule has 0 radical (unpaired) electrons. The molecular weight excluding hydrogens is 402 g/mol. The van der Waals surface area contributed by atoms with E-state index in [-0.39, 0.29) is 0 Å². The molecule has 2 N–H and O–H groups in total. The van der Waals surface area contributed by atoms with E-state index >= 15 is 0 Å². The summed E-state index contributed by atoms with van der Waals surface area (Å²) in [6.45, 7) is 2.33. The fraction of sp³-hybridized carbons (Fsp3) is 0.231. The molecule has 0 bridgehead atoms. The number of rotatable bonds is 6. The lowest BCUT2D eigenvalue weighted by molar-refractivity contribution is -0.136. The van der Waals surface area contributed by atoms with Crippen molar-refractivity contribution in [2.45, 2.75) is 19.4 Å². The summed E-state index contributed by atoms with van der Waals surface area (Å²) in [5.74, 6) is -0.649. The van der Waals surface area contributed by atoms with Crippen LogP contribution in [0, 0.1) is 0 Å². The van der Waals surface area contributed by atoms with E-state index in [1.807, 2.05) is 0 Å². The fourth-order valence-corrected chi connectivity index (χ4v) is 3.85. The molecule has 1 heterocycles. The van der Waals surface area contributed by atoms with Gasteiger partial charge in [-0.05, 0) is 65.9 Å². The minimum Gasteiger partial charge on any atom is -0.497 e. The number of anilines is 2. The van der Waals surface area contributed by atoms with Crippen LogP contribution in [-0.2, 0) is 29.0 Å². The summed E-state index contributed by atoms with van der Waals surface area (Å²) in [6, 6.07) is 23.8. The first-order valence-electron chi connectivity index (χ1n) is 10.8. The smallest absolute Gasteiger partial charge is 0.313 e. The SMILES string of the molecule is COc1ccc(NC(=O)C(=O)NCCc2ccc(N3CCc4ccccc4C3)cc2)cc1. The van der Waals surface area contributed by atoms with Crippen molar-refractivity contribution in [2.24, 2.45) is 0 Å². The number of nitrogens with zero attached hydrogens (tertiary/aromatic N) is 1. The summed E-state index contributed by atoms with van der Waals surface area (Å²) in [6.07, 6.45) is 1.72. The van der Waals surface area contributed by atoms with E-state index in [2.05, 4.69) is 64.1 Å². The standard InChI is InChI=1S/C26H27N3O3/c1-32-24-12-8-22(9-13-24)28-26(31)25(30)27-16-14-19-6-10-23(11-7-19)29-17-15-20-4-2-3-5-21(20)18-29/h2-13H,14-18H2,1H3,(H,27,30)(H,28,31). The summed E-state index contributed by atoms with van der Waals surface area (Å²) >= 11 is 0. The zero-order valence-corrected chi connectivity index (χ0v) is 18.1. The van der Waals surface area contributed by atoms with Crippen molar-refractivity contribution >= 4 is 23.2 Å². The lowest BCUT2D eigenvalue weighted by Crippen LogP contribution is -2.36. The van der Waals surface area contributed by atoms with E-state index in [0.717, 1.165) is 25.1 Å². The molecule has 6 heteroatoms. The average molecular weight is 430 g/mol. The van der Waals surface area contributed by atoms with Crippen molar-refractivity contribution in [3.8, 4) is 5.75 Å². The highest BCUT2D eigenvalue weighted by atomic mass is 16.5. The third kappa shape index (κ3) is 5.27. The normalized spacial score (nSPS) is 12.6. The topological polar surface area (TPSA) is 70.7 Å². The lowest BCUT2D eigenvalue weighted by atomic mass is 9.99. The molecule has 0 saturated carbocycles. The Bertz CT molecular complexity index is 1080. The number of amides is 2. The number of nitrogens with one attached hydrogen (secondary N) is 2. The first-order chi connectivity index (χ1) is 15.6. The predicted octanol–water partition coefficient (Wildman–Crippen LogP) is 3.56. The van der Waals surface area contributed by atoms with Crippen molar-refractivity contribution in [3.05, 3.63) is 89.5 Å². The number of hydrogen-bond donors (Lipinski definition) is 2. The second-order valence-corrected chi connectivity index (χ2v) is 7.80. The first-order valence-corrected chi connectivity index (χ1v) is 10.8. The highest BCUT2D eigenvalue weighted by molar-refractivity contribution is 6.39. The maximum Gasteiger partial charge on any atom is 0.313 e. The van der Waals surface area contributed by atoms with Crippen LogP contribution in [-0.4, -0.2) is 32.0 Å². The van der Waals surface area contributed by atoms with Gasteiger partial charge < -0.3 is 20.3 Å². The van der Waals surface area contributed by atoms with Crippen LogP contribution < -0.4 is 20.3 Å². The summed E-state index contributed by atoms with van der Waals surface area (Å²) in [7, 11) is 1.57. The molecule has 164 valence electrons. The number of ether oxygens (including phenoxy) is 1. The fourth-order valence-electron chi connectivity index (χ4n) is 3.85. The van der Waals surface area contributed by atoms with E-state index in [0.29, 0.717) is 24.4 Å². The van der Waals surface area contributed by atoms with E-state index in [1.54, 1.807) is 31.4 Å². The Balaban J connectivity index is 1.23. The zero-order chi connectivity index (χ0) is 22.3. The maximum atomic E-state index is 12.1. The molecule has 0 unspecified atom stereocenters. The monoisotopic (exact) mass is 429 g/mol. The molecule has 3 aromatic carbocycles. The van der Waals surface area contributed by atoms with Gasteiger partial charge in [0.15, 0.2) is 0 Å². The molecule has 1 aliphatic heterocycles. The van der Waals surface area contributed by atoms with Gasteiger partial charge >= 0.3 is 11.8 Å². The third-order valence-corrected chi connectivity index (χ3v) is 5.69. The molecule has 0 aromatic heterocycles. The number of carbonyl (C=O) groups is 2. The van der Waals surface area contributed by atoms with Gasteiger partial charge in [0.1, 0.15) is 5.75 Å². The van der Waals surface area contributed by atoms with Gasteiger partial charge in [-0.2, -0.15) is 0 Å². The maximum absolute atomic E-state index is 12.1. The van der Waals surface area contributed by atoms with Gasteiger partial charge in [0.05, 0.1) is 7.11 Å². The Kier molecular flexibility index (Phi) is 6.70. The molecule has 3 aromatic rings. The molecule has 0 saturated heterocycles. The van der Waals surface area contributed by atoms with Gasteiger partial charge in [0.25, 0.3) is 0 Å². The Morgan fingerprint density at radius 1 is 0.906 bits per heavy atom. The van der Waals surface area contributed by atoms with Gasteiger partial charge in [-0.1, -0.05) is 36.4 Å². The number of benzene rings is 3. The average Bonchev–Trinajstić information content (AvgIpc) is 2.84. The van der Waals surface area contributed by atoms with E-state index < -0.39 is 11.8 Å². The number of hydrogen-bond acceptors (Lipinski definition) is 4. The van der Waals surface area contributed by atoms with Crippen LogP contribution in [0.3, 0.4) is 0 Å². The minimum atomic E-state index is -0.684. The summed E-state index contributed by atoms with van der Waals surface area (Å²) in [5.41, 5.74) is 5.68. The largest absolute Gasteiger partial charge is 0.497 e. The van der Waals surface area contributed by atoms with Crippen molar-refractivity contribution in [1.82, 2.24) is 5.32 Å². The third-order valence-electron chi connectivity index (χ3n) is 5.69. The van der Waals surface area contributed by atoms with Gasteiger partial charge in [-0.3, -0.25) is 9.59 Å². The molecule has 6 nitrogen and oxygen atoms in total. The van der Waals surface area contributed by atoms with Crippen molar-refractivity contribution in [3.63, 3.8) is 0 Å². The Labute approximate surface area is 188 Å². The van der Waals surface area contributed by atoms with E-state index in [9.17, 15) is 9.59 Å². The number of methoxy groups -OCH3 is 1. The van der Waals surface area contributed by atoms with Crippen LogP contribution in [0.15, 0.2) is 72.8 Å². The molecule has 0 atom stereocenters. The predicted molar refractivity (Wildman–Crippen MR) is 126 cm³/mol. The Morgan fingerprint density at radius 3 is 2.34 bits per heavy atom. The second-order valence-electron chi connectivity index (χ2n) is 7.80. The van der Waals surface area contributed by atoms with Crippen molar-refractivity contribution in [2.75, 3.05) is 30.4 Å². The quantitative estimate of drug-likeness (QED) is 0.588. The second kappa shape index (κ2) is 10.0. The van der Waals surface area contributed by atoms with E-state index in [1.165, 1.54) is 16.8 Å². The Hall–Kier alpha value is -3.80. The van der Waals surface area contributed by atoms with E-state index in [4.69, 9.17) is 4.74 Å². The van der Waals surface area contributed by atoms with Gasteiger partial charge in [-0.25, -0.2) is 0 Å². The number of carbonyl (C=O) groups excluding carboxylic acids is 2. The summed E-state index contributed by atoms with van der Waals surface area (Å²) < 4.78 is 5.08. The van der Waals surface area contributed by atoms with Crippen LogP contribution in [0.1, 0.15) is 16.7 Å². The summed E-state index contributed by atoms with van der Waals surface area (Å²) in [4.78, 5) is 26.5. The minimum absolute atomic E-state index is 0.394. The highest BCUT2D eigenvalue weighted by Crippen LogP contribution is 2.24. The zero-order valence-electron chi connectivity index (χ0n) is 18.1. The lowest BCUT2D eigenvalue weighted by Gasteiger charge is -2.30. The van der Waals surface area contributed by atoms with Gasteiger partial charge in [0, 0.05) is 31.0 Å². The molecule has 0 aliphatic carbocycles. The molecule has 2 amide bonds. The molecule has 0 fully saturated rings. The highest BCUT2D eigenvalue weighted by Gasteiger charge is 2.16. The number of fused-ring (bicyclic) bond motifs is 1. The van der Waals surface area contributed by atoms with Gasteiger partial charge in [-0.15, -0.1) is 0 Å². The molecule has 32 heavy (non-hydrogen) atoms. The van der Waals surface area contributed by atoms with Crippen molar-refractivity contribution in [1.29, 1.82) is 0 Å². The van der Waals surface area contributed by atoms with Crippen LogP contribution in [0.2, 0.25) is 0 Å². The van der Waals surface area contributed by atoms with Crippen LogP contribution >= 0.6 is 0 Å². The Morgan fingerprint density at radius 2 is 1.62 bits per heavy atom. The molecule has 1 aliphatic rings. The van der Waals surface area contributed by atoms with Crippen LogP contribution in [0.25, 0.3) is 0 Å². The molecule has 0 spiro atoms.